The zero-order valence-corrected chi connectivity index (χ0v) is 12.3. The zero-order valence-electron chi connectivity index (χ0n) is 11.4. The lowest BCUT2D eigenvalue weighted by molar-refractivity contribution is -0.274. The second-order valence-corrected chi connectivity index (χ2v) is 4.37. The Balaban J connectivity index is 0.00000264. The van der Waals surface area contributed by atoms with Crippen molar-refractivity contribution in [2.24, 2.45) is 0 Å². The number of methoxy groups -OCH3 is 1. The summed E-state index contributed by atoms with van der Waals surface area (Å²) < 4.78 is 76.8. The van der Waals surface area contributed by atoms with Crippen molar-refractivity contribution >= 4 is 18.5 Å². The summed E-state index contributed by atoms with van der Waals surface area (Å²) in [5, 5.41) is 1.91. The minimum atomic E-state index is -4.93. The zero-order chi connectivity index (χ0) is 16.5. The summed E-state index contributed by atoms with van der Waals surface area (Å²) in [6, 6.07) is 0.830. The van der Waals surface area contributed by atoms with Crippen LogP contribution < -0.4 is 14.8 Å². The van der Waals surface area contributed by atoms with Crippen molar-refractivity contribution in [2.45, 2.75) is 18.3 Å². The molecule has 0 bridgehead atoms. The third kappa shape index (κ3) is 4.50. The van der Waals surface area contributed by atoms with E-state index in [4.69, 9.17) is 4.74 Å². The number of rotatable bonds is 3. The van der Waals surface area contributed by atoms with E-state index in [9.17, 15) is 26.7 Å². The normalized spacial score (nSPS) is 19.9. The van der Waals surface area contributed by atoms with Crippen molar-refractivity contribution in [3.05, 3.63) is 23.8 Å². The Morgan fingerprint density at radius 1 is 1.35 bits per heavy atom. The largest absolute Gasteiger partial charge is 0.573 e. The fourth-order valence-corrected chi connectivity index (χ4v) is 1.94. The van der Waals surface area contributed by atoms with Crippen molar-refractivity contribution in [1.29, 1.82) is 0 Å². The molecule has 1 heterocycles. The lowest BCUT2D eigenvalue weighted by Gasteiger charge is -2.32. The lowest BCUT2D eigenvalue weighted by Crippen LogP contribution is -2.49. The number of alkyl carbamates (subject to hydrolysis) is 1. The van der Waals surface area contributed by atoms with E-state index in [0.717, 1.165) is 25.3 Å². The summed E-state index contributed by atoms with van der Waals surface area (Å²) in [6.07, 6.45) is -5.99. The van der Waals surface area contributed by atoms with Gasteiger partial charge in [0.15, 0.2) is 6.61 Å². The minimum absolute atomic E-state index is 0. The molecule has 1 saturated heterocycles. The quantitative estimate of drug-likeness (QED) is 0.836. The Kier molecular flexibility index (Phi) is 5.51. The van der Waals surface area contributed by atoms with Crippen LogP contribution in [-0.2, 0) is 4.74 Å². The molecule has 1 aliphatic heterocycles. The van der Waals surface area contributed by atoms with Crippen LogP contribution in [0.3, 0.4) is 0 Å². The number of nitrogens with one attached hydrogen (secondary N) is 1. The Bertz CT molecular complexity index is 581. The number of cyclic esters (lactones) is 1. The van der Waals surface area contributed by atoms with Crippen LogP contribution in [0.4, 0.5) is 26.7 Å². The highest BCUT2D eigenvalue weighted by Gasteiger charge is 2.48. The second-order valence-electron chi connectivity index (χ2n) is 4.37. The highest BCUT2D eigenvalue weighted by molar-refractivity contribution is 5.85. The van der Waals surface area contributed by atoms with Gasteiger partial charge in [-0.25, -0.2) is 13.6 Å². The van der Waals surface area contributed by atoms with Gasteiger partial charge in [0.05, 0.1) is 7.11 Å². The van der Waals surface area contributed by atoms with Crippen molar-refractivity contribution in [3.8, 4) is 11.5 Å². The summed E-state index contributed by atoms with van der Waals surface area (Å²) in [5.74, 6) is -4.36. The Morgan fingerprint density at radius 2 is 2.00 bits per heavy atom. The van der Waals surface area contributed by atoms with Gasteiger partial charge in [0, 0.05) is 11.6 Å². The second kappa shape index (κ2) is 6.65. The number of benzene rings is 1. The predicted octanol–water partition coefficient (Wildman–Crippen LogP) is 3.43. The maximum absolute atomic E-state index is 13.8. The van der Waals surface area contributed by atoms with Crippen LogP contribution in [0.25, 0.3) is 0 Å². The molecule has 130 valence electrons. The summed E-state index contributed by atoms with van der Waals surface area (Å²) >= 11 is 0. The van der Waals surface area contributed by atoms with Crippen LogP contribution in [0.1, 0.15) is 11.6 Å². The molecule has 1 atom stereocenters. The smallest absolute Gasteiger partial charge is 0.496 e. The summed E-state index contributed by atoms with van der Waals surface area (Å²) in [6.45, 7) is -1.15. The number of hydrogen-bond acceptors (Lipinski definition) is 4. The molecule has 0 aliphatic carbocycles. The molecule has 0 spiro atoms. The molecule has 1 aromatic carbocycles. The van der Waals surface area contributed by atoms with Crippen LogP contribution in [0.5, 0.6) is 11.5 Å². The van der Waals surface area contributed by atoms with Gasteiger partial charge in [0.1, 0.15) is 17.5 Å². The number of amides is 1. The molecule has 1 fully saturated rings. The molecule has 1 aliphatic rings. The van der Waals surface area contributed by atoms with E-state index in [1.54, 1.807) is 0 Å². The van der Waals surface area contributed by atoms with E-state index < -0.39 is 36.8 Å². The van der Waals surface area contributed by atoms with Crippen LogP contribution in [0, 0.1) is 0 Å². The highest BCUT2D eigenvalue weighted by Crippen LogP contribution is 2.40. The fraction of sp³-hybridized carbons (Fsp3) is 0.417. The molecule has 1 aromatic rings. The first-order valence-electron chi connectivity index (χ1n) is 5.87. The topological polar surface area (TPSA) is 56.8 Å². The SMILES string of the molecule is COc1cc(OC(F)(F)F)ccc1[C@H]1NC(=O)OCC1(F)F.Cl. The molecule has 0 aromatic heterocycles. The van der Waals surface area contributed by atoms with E-state index in [1.165, 1.54) is 0 Å². The van der Waals surface area contributed by atoms with Crippen LogP contribution in [0.2, 0.25) is 0 Å². The number of ether oxygens (including phenoxy) is 3. The molecule has 5 nitrogen and oxygen atoms in total. The Hall–Kier alpha value is -1.97. The standard InChI is InChI=1S/C12H10F5NO4.ClH/c1-20-8-4-6(22-12(15,16)17)2-3-7(8)9-11(13,14)5-21-10(19)18-9;/h2-4,9H,5H2,1H3,(H,18,19);1H/t9-;/m1./s1. The van der Waals surface area contributed by atoms with Crippen molar-refractivity contribution in [2.75, 3.05) is 13.7 Å². The van der Waals surface area contributed by atoms with Gasteiger partial charge in [0.25, 0.3) is 0 Å². The first kappa shape index (κ1) is 19.1. The average Bonchev–Trinajstić information content (AvgIpc) is 2.40. The molecule has 1 amide bonds. The van der Waals surface area contributed by atoms with Crippen LogP contribution >= 0.6 is 12.4 Å². The van der Waals surface area contributed by atoms with E-state index in [0.29, 0.717) is 0 Å². The van der Waals surface area contributed by atoms with E-state index in [2.05, 4.69) is 9.47 Å². The Labute approximate surface area is 133 Å². The first-order chi connectivity index (χ1) is 10.1. The van der Waals surface area contributed by atoms with E-state index >= 15 is 0 Å². The predicted molar refractivity (Wildman–Crippen MR) is 69.1 cm³/mol. The molecule has 0 unspecified atom stereocenters. The number of carbonyl (C=O) groups excluding carboxylic acids is 1. The van der Waals surface area contributed by atoms with Gasteiger partial charge in [-0.2, -0.15) is 0 Å². The van der Waals surface area contributed by atoms with Gasteiger partial charge in [0.2, 0.25) is 0 Å². The van der Waals surface area contributed by atoms with Crippen molar-refractivity contribution in [1.82, 2.24) is 5.32 Å². The summed E-state index contributed by atoms with van der Waals surface area (Å²) in [5.41, 5.74) is -0.196. The van der Waals surface area contributed by atoms with Gasteiger partial charge in [-0.15, -0.1) is 25.6 Å². The number of alkyl halides is 5. The van der Waals surface area contributed by atoms with Gasteiger partial charge in [-0.1, -0.05) is 0 Å². The van der Waals surface area contributed by atoms with Gasteiger partial charge in [-0.3, -0.25) is 0 Å². The monoisotopic (exact) mass is 363 g/mol. The average molecular weight is 364 g/mol. The summed E-state index contributed by atoms with van der Waals surface area (Å²) in [7, 11) is 1.09. The van der Waals surface area contributed by atoms with E-state index in [1.807, 2.05) is 5.32 Å². The molecule has 0 saturated carbocycles. The first-order valence-corrected chi connectivity index (χ1v) is 5.87. The molecule has 2 rings (SSSR count). The number of carbonyl (C=O) groups is 1. The minimum Gasteiger partial charge on any atom is -0.496 e. The van der Waals surface area contributed by atoms with Gasteiger partial charge >= 0.3 is 18.4 Å². The van der Waals surface area contributed by atoms with Crippen LogP contribution in [-0.4, -0.2) is 32.1 Å². The van der Waals surface area contributed by atoms with Crippen molar-refractivity contribution < 1.29 is 41.0 Å². The van der Waals surface area contributed by atoms with E-state index in [-0.39, 0.29) is 23.7 Å². The van der Waals surface area contributed by atoms with Gasteiger partial charge < -0.3 is 19.5 Å². The lowest BCUT2D eigenvalue weighted by atomic mass is 9.99. The van der Waals surface area contributed by atoms with Crippen LogP contribution in [0.15, 0.2) is 18.2 Å². The Morgan fingerprint density at radius 3 is 2.57 bits per heavy atom. The molecule has 23 heavy (non-hydrogen) atoms. The third-order valence-electron chi connectivity index (χ3n) is 2.83. The number of hydrogen-bond donors (Lipinski definition) is 1. The molecular formula is C12H11ClF5NO4. The third-order valence-corrected chi connectivity index (χ3v) is 2.83. The molecule has 0 radical (unpaired) electrons. The van der Waals surface area contributed by atoms with Gasteiger partial charge in [-0.05, 0) is 12.1 Å². The van der Waals surface area contributed by atoms with Crippen molar-refractivity contribution in [3.63, 3.8) is 0 Å². The maximum Gasteiger partial charge on any atom is 0.573 e. The maximum atomic E-state index is 13.8. The fourth-order valence-electron chi connectivity index (χ4n) is 1.94. The summed E-state index contributed by atoms with van der Waals surface area (Å²) in [4.78, 5) is 11.1. The number of halogens is 6. The highest BCUT2D eigenvalue weighted by atomic mass is 35.5. The molecule has 11 heteroatoms. The molecular weight excluding hydrogens is 353 g/mol. The molecule has 1 N–H and O–H groups in total.